The summed E-state index contributed by atoms with van der Waals surface area (Å²) in [5, 5.41) is 11.9. The van der Waals surface area contributed by atoms with E-state index in [1.165, 1.54) is 0 Å². The van der Waals surface area contributed by atoms with Gasteiger partial charge in [0.1, 0.15) is 11.4 Å². The van der Waals surface area contributed by atoms with Crippen molar-refractivity contribution in [2.24, 2.45) is 0 Å². The Labute approximate surface area is 88.3 Å². The highest BCUT2D eigenvalue weighted by Crippen LogP contribution is 2.15. The minimum Gasteiger partial charge on any atom is -0.478 e. The number of carboxylic acid groups (broad SMARTS) is 1. The van der Waals surface area contributed by atoms with Gasteiger partial charge >= 0.3 is 5.97 Å². The molecule has 0 bridgehead atoms. The quantitative estimate of drug-likeness (QED) is 0.733. The number of hydrogen-bond donors (Lipinski definition) is 2. The van der Waals surface area contributed by atoms with E-state index in [1.54, 1.807) is 26.1 Å². The molecular weight excluding hydrogens is 192 g/mol. The Morgan fingerprint density at radius 1 is 1.67 bits per heavy atom. The molecule has 0 spiro atoms. The summed E-state index contributed by atoms with van der Waals surface area (Å²) in [5.41, 5.74) is 0.889. The maximum atomic E-state index is 11.0. The minimum absolute atomic E-state index is 0.204. The van der Waals surface area contributed by atoms with E-state index in [2.05, 4.69) is 22.1 Å². The highest BCUT2D eigenvalue weighted by molar-refractivity contribution is 5.94. The molecule has 4 nitrogen and oxygen atoms in total. The topological polar surface area (TPSA) is 62.2 Å². The van der Waals surface area contributed by atoms with Crippen LogP contribution in [0.5, 0.6) is 0 Å². The number of pyridine rings is 1. The van der Waals surface area contributed by atoms with E-state index >= 15 is 0 Å². The zero-order valence-corrected chi connectivity index (χ0v) is 8.66. The van der Waals surface area contributed by atoms with Crippen molar-refractivity contribution < 1.29 is 9.90 Å². The summed E-state index contributed by atoms with van der Waals surface area (Å²) >= 11 is 0. The second-order valence-corrected chi connectivity index (χ2v) is 2.94. The van der Waals surface area contributed by atoms with Gasteiger partial charge in [0.05, 0.1) is 6.54 Å². The van der Waals surface area contributed by atoms with Crippen LogP contribution in [0.3, 0.4) is 0 Å². The molecular formula is C11H12N2O2. The molecule has 1 heterocycles. The first-order valence-corrected chi connectivity index (χ1v) is 4.49. The fraction of sp³-hybridized carbons (Fsp3) is 0.273. The first kappa shape index (κ1) is 11.1. The van der Waals surface area contributed by atoms with Crippen LogP contribution in [0.2, 0.25) is 0 Å². The van der Waals surface area contributed by atoms with Crippen LogP contribution in [0.25, 0.3) is 0 Å². The second-order valence-electron chi connectivity index (χ2n) is 2.94. The fourth-order valence-electron chi connectivity index (χ4n) is 1.18. The number of hydrogen-bond acceptors (Lipinski definition) is 3. The number of nitrogens with zero attached hydrogens (tertiary/aromatic N) is 1. The number of aryl methyl sites for hydroxylation is 1. The third-order valence-corrected chi connectivity index (χ3v) is 1.89. The lowest BCUT2D eigenvalue weighted by Crippen LogP contribution is -2.10. The average Bonchev–Trinajstić information content (AvgIpc) is 2.17. The largest absolute Gasteiger partial charge is 0.478 e. The maximum Gasteiger partial charge on any atom is 0.339 e. The van der Waals surface area contributed by atoms with Crippen molar-refractivity contribution in [3.63, 3.8) is 0 Å². The molecule has 0 atom stereocenters. The standard InChI is InChI=1S/C11H12N2O2/c1-3-4-6-12-10-9(11(14)15)8(2)5-7-13-10/h5,7H,6H2,1-2H3,(H,12,13)(H,14,15). The van der Waals surface area contributed by atoms with E-state index in [1.807, 2.05) is 0 Å². The van der Waals surface area contributed by atoms with Crippen molar-refractivity contribution in [3.05, 3.63) is 23.4 Å². The fourth-order valence-corrected chi connectivity index (χ4v) is 1.18. The monoisotopic (exact) mass is 204 g/mol. The van der Waals surface area contributed by atoms with Gasteiger partial charge in [-0.2, -0.15) is 0 Å². The van der Waals surface area contributed by atoms with Crippen LogP contribution in [-0.4, -0.2) is 22.6 Å². The number of nitrogens with one attached hydrogen (secondary N) is 1. The first-order chi connectivity index (χ1) is 7.16. The Balaban J connectivity index is 2.99. The van der Waals surface area contributed by atoms with Crippen molar-refractivity contribution in [2.45, 2.75) is 13.8 Å². The van der Waals surface area contributed by atoms with E-state index in [0.29, 0.717) is 17.9 Å². The average molecular weight is 204 g/mol. The summed E-state index contributed by atoms with van der Waals surface area (Å²) in [5.74, 6) is 4.89. The van der Waals surface area contributed by atoms with Crippen LogP contribution >= 0.6 is 0 Å². The molecule has 0 aliphatic rings. The molecule has 2 N–H and O–H groups in total. The molecule has 0 unspecified atom stereocenters. The number of carbonyl (C=O) groups is 1. The van der Waals surface area contributed by atoms with Gasteiger partial charge in [-0.25, -0.2) is 9.78 Å². The van der Waals surface area contributed by atoms with Crippen molar-refractivity contribution in [2.75, 3.05) is 11.9 Å². The van der Waals surface area contributed by atoms with E-state index in [0.717, 1.165) is 0 Å². The molecule has 78 valence electrons. The molecule has 0 radical (unpaired) electrons. The molecule has 0 aliphatic heterocycles. The molecule has 0 aliphatic carbocycles. The van der Waals surface area contributed by atoms with E-state index in [9.17, 15) is 4.79 Å². The van der Waals surface area contributed by atoms with E-state index in [-0.39, 0.29) is 5.56 Å². The Bertz CT molecular complexity index is 430. The molecule has 0 fully saturated rings. The molecule has 1 rings (SSSR count). The molecule has 4 heteroatoms. The highest BCUT2D eigenvalue weighted by atomic mass is 16.4. The van der Waals surface area contributed by atoms with Crippen LogP contribution < -0.4 is 5.32 Å². The van der Waals surface area contributed by atoms with Gasteiger partial charge < -0.3 is 10.4 Å². The molecule has 0 aromatic carbocycles. The summed E-state index contributed by atoms with van der Waals surface area (Å²) in [4.78, 5) is 14.9. The van der Waals surface area contributed by atoms with Gasteiger partial charge in [-0.15, -0.1) is 5.92 Å². The van der Waals surface area contributed by atoms with E-state index < -0.39 is 5.97 Å². The maximum absolute atomic E-state index is 11.0. The summed E-state index contributed by atoms with van der Waals surface area (Å²) in [6, 6.07) is 1.67. The van der Waals surface area contributed by atoms with Gasteiger partial charge in [0.15, 0.2) is 0 Å². The zero-order valence-electron chi connectivity index (χ0n) is 8.66. The molecule has 15 heavy (non-hydrogen) atoms. The van der Waals surface area contributed by atoms with Gasteiger partial charge in [-0.1, -0.05) is 5.92 Å². The molecule has 0 amide bonds. The molecule has 1 aromatic heterocycles. The SMILES string of the molecule is CC#CCNc1nccc(C)c1C(=O)O. The third kappa shape index (κ3) is 2.71. The second kappa shape index (κ2) is 5.01. The summed E-state index contributed by atoms with van der Waals surface area (Å²) in [6.07, 6.45) is 1.57. The van der Waals surface area contributed by atoms with Gasteiger partial charge in [0.25, 0.3) is 0 Å². The number of anilines is 1. The number of carboxylic acids is 1. The van der Waals surface area contributed by atoms with Gasteiger partial charge in [-0.05, 0) is 25.5 Å². The highest BCUT2D eigenvalue weighted by Gasteiger charge is 2.13. The number of rotatable bonds is 3. The Kier molecular flexibility index (Phi) is 3.69. The Hall–Kier alpha value is -2.02. The van der Waals surface area contributed by atoms with Crippen LogP contribution in [-0.2, 0) is 0 Å². The molecule has 0 saturated heterocycles. The third-order valence-electron chi connectivity index (χ3n) is 1.89. The summed E-state index contributed by atoms with van der Waals surface area (Å²) < 4.78 is 0. The van der Waals surface area contributed by atoms with Crippen LogP contribution in [0.4, 0.5) is 5.82 Å². The van der Waals surface area contributed by atoms with Crippen LogP contribution in [0.1, 0.15) is 22.8 Å². The predicted octanol–water partition coefficient (Wildman–Crippen LogP) is 1.52. The van der Waals surface area contributed by atoms with Crippen molar-refractivity contribution in [1.29, 1.82) is 0 Å². The lowest BCUT2D eigenvalue weighted by Gasteiger charge is -2.07. The smallest absolute Gasteiger partial charge is 0.339 e. The predicted molar refractivity (Wildman–Crippen MR) is 57.9 cm³/mol. The summed E-state index contributed by atoms with van der Waals surface area (Å²) in [7, 11) is 0. The van der Waals surface area contributed by atoms with Crippen molar-refractivity contribution in [1.82, 2.24) is 4.98 Å². The molecule has 1 aromatic rings. The number of aromatic carboxylic acids is 1. The lowest BCUT2D eigenvalue weighted by molar-refractivity contribution is 0.0697. The number of aromatic nitrogens is 1. The van der Waals surface area contributed by atoms with Crippen molar-refractivity contribution >= 4 is 11.8 Å². The van der Waals surface area contributed by atoms with Gasteiger partial charge in [0.2, 0.25) is 0 Å². The minimum atomic E-state index is -0.979. The Morgan fingerprint density at radius 3 is 3.00 bits per heavy atom. The zero-order chi connectivity index (χ0) is 11.3. The van der Waals surface area contributed by atoms with Crippen LogP contribution in [0.15, 0.2) is 12.3 Å². The van der Waals surface area contributed by atoms with Crippen LogP contribution in [0, 0.1) is 18.8 Å². The van der Waals surface area contributed by atoms with Crippen molar-refractivity contribution in [3.8, 4) is 11.8 Å². The van der Waals surface area contributed by atoms with E-state index in [4.69, 9.17) is 5.11 Å². The Morgan fingerprint density at radius 2 is 2.40 bits per heavy atom. The van der Waals surface area contributed by atoms with Gasteiger partial charge in [-0.3, -0.25) is 0 Å². The molecule has 0 saturated carbocycles. The first-order valence-electron chi connectivity index (χ1n) is 4.49. The summed E-state index contributed by atoms with van der Waals surface area (Å²) in [6.45, 7) is 3.86. The van der Waals surface area contributed by atoms with Gasteiger partial charge in [0, 0.05) is 6.20 Å². The lowest BCUT2D eigenvalue weighted by atomic mass is 10.1. The normalized spacial score (nSPS) is 8.93.